The molecule has 0 fully saturated rings. The Morgan fingerprint density at radius 3 is 2.92 bits per heavy atom. The summed E-state index contributed by atoms with van der Waals surface area (Å²) < 4.78 is 19.4. The Morgan fingerprint density at radius 1 is 1.20 bits per heavy atom. The maximum atomic E-state index is 14.3. The van der Waals surface area contributed by atoms with Crippen molar-refractivity contribution in [3.8, 4) is 18.1 Å². The van der Waals surface area contributed by atoms with Gasteiger partial charge in [-0.15, -0.1) is 6.42 Å². The fraction of sp³-hybridized carbons (Fsp3) is 0.105. The Balaban J connectivity index is 1.72. The summed E-state index contributed by atoms with van der Waals surface area (Å²) in [5.74, 6) is 1.38. The standard InChI is InChI=1S/C19H14FN3O2/c1-2-11-25-17-7-3-5-13(18(17)20)12-22-19(24)16-9-8-14-15(23-16)6-4-10-21-14/h1,3-10H,11-12H2,(H,22,24). The van der Waals surface area contributed by atoms with Crippen LogP contribution in [-0.2, 0) is 6.54 Å². The summed E-state index contributed by atoms with van der Waals surface area (Å²) in [5.41, 5.74) is 1.85. The summed E-state index contributed by atoms with van der Waals surface area (Å²) in [6.45, 7) is -0.0214. The Morgan fingerprint density at radius 2 is 2.08 bits per heavy atom. The van der Waals surface area contributed by atoms with Crippen LogP contribution in [0.2, 0.25) is 0 Å². The molecule has 0 unspecified atom stereocenters. The first-order valence-corrected chi connectivity index (χ1v) is 7.52. The SMILES string of the molecule is C#CCOc1cccc(CNC(=O)c2ccc3ncccc3n2)c1F. The van der Waals surface area contributed by atoms with E-state index in [2.05, 4.69) is 21.2 Å². The Labute approximate surface area is 143 Å². The smallest absolute Gasteiger partial charge is 0.270 e. The first-order valence-electron chi connectivity index (χ1n) is 7.52. The number of terminal acetylenes is 1. The third kappa shape index (κ3) is 3.72. The van der Waals surface area contributed by atoms with Gasteiger partial charge in [0.15, 0.2) is 11.6 Å². The fourth-order valence-corrected chi connectivity index (χ4v) is 2.27. The van der Waals surface area contributed by atoms with Gasteiger partial charge in [-0.2, -0.15) is 0 Å². The third-order valence-corrected chi connectivity index (χ3v) is 3.48. The van der Waals surface area contributed by atoms with Crippen molar-refractivity contribution in [1.29, 1.82) is 0 Å². The molecule has 0 spiro atoms. The number of amides is 1. The zero-order valence-corrected chi connectivity index (χ0v) is 13.2. The average Bonchev–Trinajstić information content (AvgIpc) is 2.65. The van der Waals surface area contributed by atoms with Crippen molar-refractivity contribution in [3.63, 3.8) is 0 Å². The first-order chi connectivity index (χ1) is 12.2. The number of hydrogen-bond donors (Lipinski definition) is 1. The molecule has 3 rings (SSSR count). The number of carbonyl (C=O) groups is 1. The van der Waals surface area contributed by atoms with Crippen molar-refractivity contribution < 1.29 is 13.9 Å². The molecule has 2 heterocycles. The zero-order chi connectivity index (χ0) is 17.6. The fourth-order valence-electron chi connectivity index (χ4n) is 2.27. The van der Waals surface area contributed by atoms with E-state index in [9.17, 15) is 9.18 Å². The molecule has 124 valence electrons. The van der Waals surface area contributed by atoms with Crippen LogP contribution in [0.5, 0.6) is 5.75 Å². The van der Waals surface area contributed by atoms with Gasteiger partial charge in [-0.25, -0.2) is 9.37 Å². The molecule has 0 aliphatic heterocycles. The summed E-state index contributed by atoms with van der Waals surface area (Å²) in [5, 5.41) is 2.65. The molecule has 0 saturated carbocycles. The molecule has 0 atom stereocenters. The number of aromatic nitrogens is 2. The Hall–Kier alpha value is -3.46. The van der Waals surface area contributed by atoms with Crippen LogP contribution in [-0.4, -0.2) is 22.5 Å². The first kappa shape index (κ1) is 16.4. The minimum atomic E-state index is -0.547. The van der Waals surface area contributed by atoms with E-state index in [1.807, 2.05) is 0 Å². The van der Waals surface area contributed by atoms with E-state index < -0.39 is 11.7 Å². The number of halogens is 1. The van der Waals surface area contributed by atoms with Crippen molar-refractivity contribution in [2.24, 2.45) is 0 Å². The molecule has 0 saturated heterocycles. The number of hydrogen-bond acceptors (Lipinski definition) is 4. The molecule has 1 amide bonds. The zero-order valence-electron chi connectivity index (χ0n) is 13.2. The Kier molecular flexibility index (Phi) is 4.86. The van der Waals surface area contributed by atoms with Gasteiger partial charge in [-0.1, -0.05) is 18.1 Å². The number of nitrogens with one attached hydrogen (secondary N) is 1. The van der Waals surface area contributed by atoms with Gasteiger partial charge in [-0.3, -0.25) is 9.78 Å². The molecule has 1 aromatic carbocycles. The predicted molar refractivity (Wildman–Crippen MR) is 91.4 cm³/mol. The lowest BCUT2D eigenvalue weighted by Crippen LogP contribution is -2.24. The molecule has 0 radical (unpaired) electrons. The summed E-state index contributed by atoms with van der Waals surface area (Å²) in [6.07, 6.45) is 6.76. The molecule has 6 heteroatoms. The lowest BCUT2D eigenvalue weighted by atomic mass is 10.2. The lowest BCUT2D eigenvalue weighted by Gasteiger charge is -2.09. The van der Waals surface area contributed by atoms with E-state index in [0.717, 1.165) is 0 Å². The largest absolute Gasteiger partial charge is 0.478 e. The van der Waals surface area contributed by atoms with Crippen LogP contribution in [0.1, 0.15) is 16.1 Å². The number of benzene rings is 1. The highest BCUT2D eigenvalue weighted by molar-refractivity contribution is 5.94. The van der Waals surface area contributed by atoms with Crippen molar-refractivity contribution in [3.05, 3.63) is 65.7 Å². The predicted octanol–water partition coefficient (Wildman–Crippen LogP) is 2.71. The van der Waals surface area contributed by atoms with E-state index in [1.54, 1.807) is 42.6 Å². The monoisotopic (exact) mass is 335 g/mol. The second-order valence-electron chi connectivity index (χ2n) is 5.14. The molecule has 0 aliphatic carbocycles. The number of pyridine rings is 2. The van der Waals surface area contributed by atoms with Crippen molar-refractivity contribution >= 4 is 16.9 Å². The molecule has 1 N–H and O–H groups in total. The van der Waals surface area contributed by atoms with Crippen LogP contribution in [0.15, 0.2) is 48.7 Å². The van der Waals surface area contributed by atoms with Gasteiger partial charge in [0.25, 0.3) is 5.91 Å². The maximum absolute atomic E-state index is 14.3. The highest BCUT2D eigenvalue weighted by Crippen LogP contribution is 2.20. The second kappa shape index (κ2) is 7.41. The van der Waals surface area contributed by atoms with Gasteiger partial charge in [0.2, 0.25) is 0 Å². The maximum Gasteiger partial charge on any atom is 0.270 e. The molecule has 5 nitrogen and oxygen atoms in total. The molecule has 0 bridgehead atoms. The van der Waals surface area contributed by atoms with Crippen LogP contribution in [0.25, 0.3) is 11.0 Å². The number of ether oxygens (including phenoxy) is 1. The average molecular weight is 335 g/mol. The van der Waals surface area contributed by atoms with Crippen LogP contribution >= 0.6 is 0 Å². The van der Waals surface area contributed by atoms with E-state index >= 15 is 0 Å². The van der Waals surface area contributed by atoms with Crippen molar-refractivity contribution in [1.82, 2.24) is 15.3 Å². The quantitative estimate of drug-likeness (QED) is 0.728. The van der Waals surface area contributed by atoms with E-state index in [1.165, 1.54) is 6.07 Å². The summed E-state index contributed by atoms with van der Waals surface area (Å²) >= 11 is 0. The normalized spacial score (nSPS) is 10.2. The van der Waals surface area contributed by atoms with E-state index in [-0.39, 0.29) is 24.6 Å². The minimum absolute atomic E-state index is 0.00464. The van der Waals surface area contributed by atoms with Crippen molar-refractivity contribution in [2.75, 3.05) is 6.61 Å². The summed E-state index contributed by atoms with van der Waals surface area (Å²) in [4.78, 5) is 20.7. The van der Waals surface area contributed by atoms with Gasteiger partial charge >= 0.3 is 0 Å². The molecule has 2 aromatic heterocycles. The summed E-state index contributed by atoms with van der Waals surface area (Å²) in [7, 11) is 0. The topological polar surface area (TPSA) is 64.1 Å². The lowest BCUT2D eigenvalue weighted by molar-refractivity contribution is 0.0946. The second-order valence-corrected chi connectivity index (χ2v) is 5.14. The number of rotatable bonds is 5. The van der Waals surface area contributed by atoms with Crippen LogP contribution in [0, 0.1) is 18.2 Å². The molecular formula is C19H14FN3O2. The molecule has 25 heavy (non-hydrogen) atoms. The van der Waals surface area contributed by atoms with Gasteiger partial charge in [-0.05, 0) is 30.3 Å². The van der Waals surface area contributed by atoms with Gasteiger partial charge in [0, 0.05) is 18.3 Å². The van der Waals surface area contributed by atoms with Crippen LogP contribution in [0.4, 0.5) is 4.39 Å². The highest BCUT2D eigenvalue weighted by Gasteiger charge is 2.12. The minimum Gasteiger partial charge on any atom is -0.478 e. The van der Waals surface area contributed by atoms with Crippen LogP contribution < -0.4 is 10.1 Å². The van der Waals surface area contributed by atoms with Gasteiger partial charge < -0.3 is 10.1 Å². The number of fused-ring (bicyclic) bond motifs is 1. The van der Waals surface area contributed by atoms with Crippen LogP contribution in [0.3, 0.4) is 0 Å². The Bertz CT molecular complexity index is 966. The van der Waals surface area contributed by atoms with Crippen molar-refractivity contribution in [2.45, 2.75) is 6.54 Å². The molecule has 3 aromatic rings. The van der Waals surface area contributed by atoms with E-state index in [0.29, 0.717) is 16.6 Å². The molecule has 0 aliphatic rings. The highest BCUT2D eigenvalue weighted by atomic mass is 19.1. The summed E-state index contributed by atoms with van der Waals surface area (Å²) in [6, 6.07) is 11.5. The number of nitrogens with zero attached hydrogens (tertiary/aromatic N) is 2. The molecular weight excluding hydrogens is 321 g/mol. The van der Waals surface area contributed by atoms with Gasteiger partial charge in [0.1, 0.15) is 12.3 Å². The number of carbonyl (C=O) groups excluding carboxylic acids is 1. The van der Waals surface area contributed by atoms with E-state index in [4.69, 9.17) is 11.2 Å². The third-order valence-electron chi connectivity index (χ3n) is 3.48. The van der Waals surface area contributed by atoms with Gasteiger partial charge in [0.05, 0.1) is 11.0 Å².